The molecule has 4 aromatic rings. The third-order valence-corrected chi connectivity index (χ3v) is 3.86. The zero-order chi connectivity index (χ0) is 13.7. The molecule has 0 saturated carbocycles. The Kier molecular flexibility index (Phi) is 2.58. The molecule has 2 N–H and O–H groups in total. The molecule has 0 aliphatic carbocycles. The van der Waals surface area contributed by atoms with E-state index in [2.05, 4.69) is 48.0 Å². The molecule has 98 valence electrons. The van der Waals surface area contributed by atoms with Gasteiger partial charge in [-0.05, 0) is 30.3 Å². The van der Waals surface area contributed by atoms with Crippen LogP contribution in [-0.2, 0) is 0 Å². The molecular weight excluding hydrogens is 340 g/mol. The molecule has 6 heteroatoms. The summed E-state index contributed by atoms with van der Waals surface area (Å²) in [6, 6.07) is 11.8. The predicted octanol–water partition coefficient (Wildman–Crippen LogP) is 4.52. The summed E-state index contributed by atoms with van der Waals surface area (Å²) in [6.45, 7) is 0. The number of rotatable bonds is 1. The molecule has 0 aliphatic heterocycles. The van der Waals surface area contributed by atoms with Crippen LogP contribution in [0.3, 0.4) is 0 Å². The first kappa shape index (κ1) is 11.9. The highest BCUT2D eigenvalue weighted by atomic mass is 79.9. The van der Waals surface area contributed by atoms with Crippen LogP contribution >= 0.6 is 27.5 Å². The van der Waals surface area contributed by atoms with Crippen molar-refractivity contribution in [3.8, 4) is 11.5 Å². The lowest BCUT2D eigenvalue weighted by molar-refractivity contribution is 1.27. The Bertz CT molecular complexity index is 863. The number of pyridine rings is 1. The number of imidazole rings is 1. The van der Waals surface area contributed by atoms with Crippen molar-refractivity contribution in [2.24, 2.45) is 0 Å². The molecule has 0 saturated heterocycles. The van der Waals surface area contributed by atoms with Gasteiger partial charge < -0.3 is 9.97 Å². The number of benzene rings is 1. The average molecular weight is 348 g/mol. The van der Waals surface area contributed by atoms with Crippen molar-refractivity contribution in [3.63, 3.8) is 0 Å². The molecule has 3 heterocycles. The van der Waals surface area contributed by atoms with E-state index in [1.807, 2.05) is 18.2 Å². The first-order valence-corrected chi connectivity index (χ1v) is 7.17. The van der Waals surface area contributed by atoms with Crippen molar-refractivity contribution in [3.05, 3.63) is 46.0 Å². The van der Waals surface area contributed by atoms with Crippen molar-refractivity contribution in [1.82, 2.24) is 19.9 Å². The zero-order valence-electron chi connectivity index (χ0n) is 10.1. The van der Waals surface area contributed by atoms with E-state index in [4.69, 9.17) is 11.6 Å². The van der Waals surface area contributed by atoms with Crippen LogP contribution < -0.4 is 0 Å². The molecule has 0 atom stereocenters. The van der Waals surface area contributed by atoms with Crippen LogP contribution in [0.1, 0.15) is 0 Å². The Morgan fingerprint density at radius 2 is 1.85 bits per heavy atom. The number of aromatic amines is 2. The number of H-pyrrole nitrogens is 2. The van der Waals surface area contributed by atoms with E-state index in [0.717, 1.165) is 32.4 Å². The first-order chi connectivity index (χ1) is 9.69. The summed E-state index contributed by atoms with van der Waals surface area (Å²) in [4.78, 5) is 15.2. The highest BCUT2D eigenvalue weighted by Crippen LogP contribution is 2.26. The number of nitrogens with zero attached hydrogens (tertiary/aromatic N) is 2. The van der Waals surface area contributed by atoms with Crippen LogP contribution in [0.2, 0.25) is 5.15 Å². The maximum absolute atomic E-state index is 5.88. The van der Waals surface area contributed by atoms with Gasteiger partial charge in [0, 0.05) is 15.4 Å². The standard InChI is InChI=1S/C14H8BrClN4/c15-8-2-1-7-5-11(17-10(7)6-8)14-18-9-3-4-12(16)19-13(9)20-14/h1-6,17H,(H,18,19,20). The average Bonchev–Trinajstić information content (AvgIpc) is 3.00. The van der Waals surface area contributed by atoms with Crippen LogP contribution in [0.5, 0.6) is 0 Å². The summed E-state index contributed by atoms with van der Waals surface area (Å²) >= 11 is 9.34. The van der Waals surface area contributed by atoms with Crippen LogP contribution in [0.15, 0.2) is 40.9 Å². The Morgan fingerprint density at radius 3 is 2.75 bits per heavy atom. The SMILES string of the molecule is Clc1ccc2[nH]c(-c3cc4ccc(Br)cc4[nH]3)nc2n1. The summed E-state index contributed by atoms with van der Waals surface area (Å²) in [7, 11) is 0. The van der Waals surface area contributed by atoms with E-state index >= 15 is 0 Å². The van der Waals surface area contributed by atoms with Crippen LogP contribution in [0, 0.1) is 0 Å². The fourth-order valence-electron chi connectivity index (χ4n) is 2.22. The Morgan fingerprint density at radius 1 is 0.950 bits per heavy atom. The summed E-state index contributed by atoms with van der Waals surface area (Å²) in [5.74, 6) is 0.752. The monoisotopic (exact) mass is 346 g/mol. The molecule has 0 spiro atoms. The smallest absolute Gasteiger partial charge is 0.179 e. The number of hydrogen-bond donors (Lipinski definition) is 2. The zero-order valence-corrected chi connectivity index (χ0v) is 12.5. The predicted molar refractivity (Wildman–Crippen MR) is 83.9 cm³/mol. The summed E-state index contributed by atoms with van der Waals surface area (Å²) in [5, 5.41) is 1.57. The number of fused-ring (bicyclic) bond motifs is 2. The summed E-state index contributed by atoms with van der Waals surface area (Å²) in [6.07, 6.45) is 0. The van der Waals surface area contributed by atoms with E-state index in [9.17, 15) is 0 Å². The molecule has 0 aliphatic rings. The maximum Gasteiger partial charge on any atom is 0.179 e. The molecule has 0 radical (unpaired) electrons. The third kappa shape index (κ3) is 1.90. The van der Waals surface area contributed by atoms with E-state index in [1.54, 1.807) is 6.07 Å². The highest BCUT2D eigenvalue weighted by Gasteiger charge is 2.09. The third-order valence-electron chi connectivity index (χ3n) is 3.15. The number of halogens is 2. The van der Waals surface area contributed by atoms with Gasteiger partial charge in [0.25, 0.3) is 0 Å². The number of aromatic nitrogens is 4. The molecule has 0 bridgehead atoms. The topological polar surface area (TPSA) is 57.4 Å². The number of nitrogens with one attached hydrogen (secondary N) is 2. The summed E-state index contributed by atoms with van der Waals surface area (Å²) in [5.41, 5.74) is 3.46. The molecule has 0 fully saturated rings. The second-order valence-corrected chi connectivity index (χ2v) is 5.81. The minimum absolute atomic E-state index is 0.441. The highest BCUT2D eigenvalue weighted by molar-refractivity contribution is 9.10. The van der Waals surface area contributed by atoms with E-state index in [0.29, 0.717) is 10.8 Å². The van der Waals surface area contributed by atoms with Crippen molar-refractivity contribution in [2.75, 3.05) is 0 Å². The minimum atomic E-state index is 0.441. The van der Waals surface area contributed by atoms with Gasteiger partial charge in [-0.25, -0.2) is 9.97 Å². The van der Waals surface area contributed by atoms with E-state index < -0.39 is 0 Å². The lowest BCUT2D eigenvalue weighted by atomic mass is 10.2. The van der Waals surface area contributed by atoms with Crippen molar-refractivity contribution in [2.45, 2.75) is 0 Å². The molecule has 0 amide bonds. The van der Waals surface area contributed by atoms with Gasteiger partial charge in [0.2, 0.25) is 0 Å². The van der Waals surface area contributed by atoms with Crippen LogP contribution in [0.4, 0.5) is 0 Å². The minimum Gasteiger partial charge on any atom is -0.352 e. The molecule has 0 unspecified atom stereocenters. The van der Waals surface area contributed by atoms with Crippen molar-refractivity contribution < 1.29 is 0 Å². The van der Waals surface area contributed by atoms with Crippen molar-refractivity contribution >= 4 is 49.6 Å². The molecule has 4 nitrogen and oxygen atoms in total. The van der Waals surface area contributed by atoms with E-state index in [1.165, 1.54) is 0 Å². The van der Waals surface area contributed by atoms with Gasteiger partial charge in [-0.2, -0.15) is 0 Å². The Hall–Kier alpha value is -1.85. The largest absolute Gasteiger partial charge is 0.352 e. The second kappa shape index (κ2) is 4.33. The fourth-order valence-corrected chi connectivity index (χ4v) is 2.73. The molecular formula is C14H8BrClN4. The van der Waals surface area contributed by atoms with Gasteiger partial charge in [0.05, 0.1) is 11.2 Å². The van der Waals surface area contributed by atoms with Gasteiger partial charge in [0.1, 0.15) is 5.15 Å². The molecule has 3 aromatic heterocycles. The van der Waals surface area contributed by atoms with Crippen LogP contribution in [-0.4, -0.2) is 19.9 Å². The van der Waals surface area contributed by atoms with Crippen molar-refractivity contribution in [1.29, 1.82) is 0 Å². The maximum atomic E-state index is 5.88. The van der Waals surface area contributed by atoms with Gasteiger partial charge in [-0.3, -0.25) is 0 Å². The lowest BCUT2D eigenvalue weighted by Crippen LogP contribution is -1.79. The van der Waals surface area contributed by atoms with Gasteiger partial charge >= 0.3 is 0 Å². The molecule has 4 rings (SSSR count). The molecule has 1 aromatic carbocycles. The lowest BCUT2D eigenvalue weighted by Gasteiger charge is -1.90. The quantitative estimate of drug-likeness (QED) is 0.497. The first-order valence-electron chi connectivity index (χ1n) is 6.00. The number of hydrogen-bond acceptors (Lipinski definition) is 2. The Labute approximate surface area is 127 Å². The molecule has 20 heavy (non-hydrogen) atoms. The Balaban J connectivity index is 1.91. The fraction of sp³-hybridized carbons (Fsp3) is 0. The van der Waals surface area contributed by atoms with Crippen LogP contribution in [0.25, 0.3) is 33.6 Å². The second-order valence-electron chi connectivity index (χ2n) is 4.51. The summed E-state index contributed by atoms with van der Waals surface area (Å²) < 4.78 is 1.04. The van der Waals surface area contributed by atoms with E-state index in [-0.39, 0.29) is 0 Å². The van der Waals surface area contributed by atoms with Gasteiger partial charge in [0.15, 0.2) is 11.5 Å². The normalized spacial score (nSPS) is 11.5. The van der Waals surface area contributed by atoms with Gasteiger partial charge in [-0.15, -0.1) is 0 Å². The van der Waals surface area contributed by atoms with Gasteiger partial charge in [-0.1, -0.05) is 33.6 Å².